The summed E-state index contributed by atoms with van der Waals surface area (Å²) in [4.78, 5) is 11.7. The van der Waals surface area contributed by atoms with E-state index in [-0.39, 0.29) is 5.78 Å². The molecule has 0 N–H and O–H groups in total. The summed E-state index contributed by atoms with van der Waals surface area (Å²) in [6, 6.07) is 10.1. The average Bonchev–Trinajstić information content (AvgIpc) is 2.30. The Balaban J connectivity index is 2.50. The molecule has 0 fully saturated rings. The van der Waals surface area contributed by atoms with Crippen molar-refractivity contribution >= 4 is 11.4 Å². The van der Waals surface area contributed by atoms with Crippen molar-refractivity contribution in [2.75, 3.05) is 0 Å². The topological polar surface area (TPSA) is 17.1 Å². The van der Waals surface area contributed by atoms with Crippen molar-refractivity contribution in [3.63, 3.8) is 0 Å². The molecule has 0 atom stereocenters. The van der Waals surface area contributed by atoms with E-state index < -0.39 is 0 Å². The van der Waals surface area contributed by atoms with Gasteiger partial charge in [0.2, 0.25) is 0 Å². The van der Waals surface area contributed by atoms with Gasteiger partial charge in [-0.1, -0.05) is 43.0 Å². The van der Waals surface area contributed by atoms with Gasteiger partial charge in [-0.15, -0.1) is 0 Å². The van der Waals surface area contributed by atoms with Gasteiger partial charge in [0.25, 0.3) is 0 Å². The molecule has 0 amide bonds. The molecular formula is C14H14O. The molecule has 0 saturated carbocycles. The van der Waals surface area contributed by atoms with Crippen LogP contribution in [0.4, 0.5) is 0 Å². The number of ketones is 1. The molecule has 0 saturated heterocycles. The maximum absolute atomic E-state index is 11.7. The van der Waals surface area contributed by atoms with Crippen LogP contribution in [0.5, 0.6) is 0 Å². The molecule has 1 aromatic carbocycles. The van der Waals surface area contributed by atoms with Crippen molar-refractivity contribution in [1.82, 2.24) is 0 Å². The predicted octanol–water partition coefficient (Wildman–Crippen LogP) is 3.38. The van der Waals surface area contributed by atoms with E-state index >= 15 is 0 Å². The minimum Gasteiger partial charge on any atom is -0.294 e. The first kappa shape index (κ1) is 9.91. The fourth-order valence-electron chi connectivity index (χ4n) is 2.04. The highest BCUT2D eigenvalue weighted by Crippen LogP contribution is 2.30. The van der Waals surface area contributed by atoms with Crippen LogP contribution in [0.3, 0.4) is 0 Å². The first-order chi connectivity index (χ1) is 7.33. The number of allylic oxidation sites excluding steroid dienone is 3. The first-order valence-electron chi connectivity index (χ1n) is 5.27. The molecule has 1 aliphatic carbocycles. The Labute approximate surface area is 90.1 Å². The molecule has 76 valence electrons. The van der Waals surface area contributed by atoms with Crippen LogP contribution in [0.25, 0.3) is 5.57 Å². The van der Waals surface area contributed by atoms with Crippen molar-refractivity contribution in [3.8, 4) is 0 Å². The minimum atomic E-state index is 0.232. The van der Waals surface area contributed by atoms with E-state index in [1.807, 2.05) is 18.2 Å². The summed E-state index contributed by atoms with van der Waals surface area (Å²) in [6.07, 6.45) is 4.30. The number of Topliss-reactive ketones (excluding diaryl/α,β-unsaturated/α-hetero) is 1. The normalized spacial score (nSPS) is 16.7. The van der Waals surface area contributed by atoms with Gasteiger partial charge >= 0.3 is 0 Å². The standard InChI is InChI=1S/C14H14O/c1-2-12-13(9-6-10-14(12)15)11-7-4-3-5-8-11/h2-5,7-8H,1,6,9-10H2. The fourth-order valence-corrected chi connectivity index (χ4v) is 2.04. The summed E-state index contributed by atoms with van der Waals surface area (Å²) in [5, 5.41) is 0. The molecule has 1 heteroatoms. The first-order valence-corrected chi connectivity index (χ1v) is 5.27. The van der Waals surface area contributed by atoms with E-state index in [1.165, 1.54) is 0 Å². The van der Waals surface area contributed by atoms with Crippen LogP contribution >= 0.6 is 0 Å². The molecule has 0 heterocycles. The highest BCUT2D eigenvalue weighted by molar-refractivity contribution is 6.06. The number of carbonyl (C=O) groups is 1. The lowest BCUT2D eigenvalue weighted by atomic mass is 9.86. The minimum absolute atomic E-state index is 0.232. The Bertz CT molecular complexity index is 412. The van der Waals surface area contributed by atoms with E-state index in [0.717, 1.165) is 29.6 Å². The zero-order chi connectivity index (χ0) is 10.7. The monoisotopic (exact) mass is 198 g/mol. The third-order valence-electron chi connectivity index (χ3n) is 2.78. The summed E-state index contributed by atoms with van der Waals surface area (Å²) in [7, 11) is 0. The summed E-state index contributed by atoms with van der Waals surface area (Å²) in [5.74, 6) is 0.232. The van der Waals surface area contributed by atoms with Gasteiger partial charge in [-0.2, -0.15) is 0 Å². The largest absolute Gasteiger partial charge is 0.294 e. The van der Waals surface area contributed by atoms with Gasteiger partial charge in [0.05, 0.1) is 0 Å². The molecule has 1 aromatic rings. The molecule has 2 rings (SSSR count). The summed E-state index contributed by atoms with van der Waals surface area (Å²) in [6.45, 7) is 3.73. The lowest BCUT2D eigenvalue weighted by molar-refractivity contribution is -0.115. The number of carbonyl (C=O) groups excluding carboxylic acids is 1. The Kier molecular flexibility index (Phi) is 2.82. The molecule has 0 bridgehead atoms. The molecule has 0 radical (unpaired) electrons. The summed E-state index contributed by atoms with van der Waals surface area (Å²) >= 11 is 0. The third-order valence-corrected chi connectivity index (χ3v) is 2.78. The molecule has 0 spiro atoms. The summed E-state index contributed by atoms with van der Waals surface area (Å²) in [5.41, 5.74) is 3.12. The van der Waals surface area contributed by atoms with Crippen molar-refractivity contribution in [2.45, 2.75) is 19.3 Å². The number of hydrogen-bond acceptors (Lipinski definition) is 1. The smallest absolute Gasteiger partial charge is 0.163 e. The Morgan fingerprint density at radius 3 is 2.53 bits per heavy atom. The third kappa shape index (κ3) is 1.91. The van der Waals surface area contributed by atoms with Gasteiger partial charge in [-0.3, -0.25) is 4.79 Å². The molecule has 1 nitrogen and oxygen atoms in total. The van der Waals surface area contributed by atoms with Gasteiger partial charge in [0, 0.05) is 12.0 Å². The SMILES string of the molecule is C=CC1=C(c2ccccc2)CCCC1=O. The van der Waals surface area contributed by atoms with E-state index in [0.29, 0.717) is 6.42 Å². The van der Waals surface area contributed by atoms with Crippen molar-refractivity contribution in [1.29, 1.82) is 0 Å². The molecule has 0 unspecified atom stereocenters. The zero-order valence-electron chi connectivity index (χ0n) is 8.70. The van der Waals surface area contributed by atoms with Crippen molar-refractivity contribution in [2.24, 2.45) is 0 Å². The molecule has 0 aromatic heterocycles. The van der Waals surface area contributed by atoms with E-state index in [2.05, 4.69) is 18.7 Å². The van der Waals surface area contributed by atoms with Gasteiger partial charge < -0.3 is 0 Å². The second-order valence-electron chi connectivity index (χ2n) is 3.74. The van der Waals surface area contributed by atoms with Crippen molar-refractivity contribution in [3.05, 3.63) is 54.1 Å². The molecular weight excluding hydrogens is 184 g/mol. The number of rotatable bonds is 2. The van der Waals surface area contributed by atoms with E-state index in [9.17, 15) is 4.79 Å². The lowest BCUT2D eigenvalue weighted by Crippen LogP contribution is -2.09. The van der Waals surface area contributed by atoms with Gasteiger partial charge in [-0.25, -0.2) is 0 Å². The van der Waals surface area contributed by atoms with Crippen LogP contribution in [-0.4, -0.2) is 5.78 Å². The van der Waals surface area contributed by atoms with Crippen LogP contribution < -0.4 is 0 Å². The average molecular weight is 198 g/mol. The quantitative estimate of drug-likeness (QED) is 0.712. The molecule has 15 heavy (non-hydrogen) atoms. The second kappa shape index (κ2) is 4.26. The Hall–Kier alpha value is -1.63. The van der Waals surface area contributed by atoms with Gasteiger partial charge in [-0.05, 0) is 24.0 Å². The van der Waals surface area contributed by atoms with Gasteiger partial charge in [0.15, 0.2) is 5.78 Å². The zero-order valence-corrected chi connectivity index (χ0v) is 8.70. The number of benzene rings is 1. The predicted molar refractivity (Wildman–Crippen MR) is 62.4 cm³/mol. The van der Waals surface area contributed by atoms with Crippen LogP contribution in [-0.2, 0) is 4.79 Å². The van der Waals surface area contributed by atoms with Crippen LogP contribution in [0, 0.1) is 0 Å². The molecule has 1 aliphatic rings. The summed E-state index contributed by atoms with van der Waals surface area (Å²) < 4.78 is 0. The van der Waals surface area contributed by atoms with Gasteiger partial charge in [0.1, 0.15) is 0 Å². The van der Waals surface area contributed by atoms with Crippen LogP contribution in [0.1, 0.15) is 24.8 Å². The molecule has 0 aliphatic heterocycles. The van der Waals surface area contributed by atoms with Crippen LogP contribution in [0.15, 0.2) is 48.6 Å². The Morgan fingerprint density at radius 1 is 1.13 bits per heavy atom. The second-order valence-corrected chi connectivity index (χ2v) is 3.74. The van der Waals surface area contributed by atoms with Crippen molar-refractivity contribution < 1.29 is 4.79 Å². The number of hydrogen-bond donors (Lipinski definition) is 0. The highest BCUT2D eigenvalue weighted by Gasteiger charge is 2.18. The van der Waals surface area contributed by atoms with E-state index in [1.54, 1.807) is 6.08 Å². The van der Waals surface area contributed by atoms with E-state index in [4.69, 9.17) is 0 Å². The maximum Gasteiger partial charge on any atom is 0.163 e. The fraction of sp³-hybridized carbons (Fsp3) is 0.214. The highest BCUT2D eigenvalue weighted by atomic mass is 16.1. The van der Waals surface area contributed by atoms with Crippen LogP contribution in [0.2, 0.25) is 0 Å². The maximum atomic E-state index is 11.7. The lowest BCUT2D eigenvalue weighted by Gasteiger charge is -2.17. The Morgan fingerprint density at radius 2 is 1.87 bits per heavy atom.